The quantitative estimate of drug-likeness (QED) is 0.168. The van der Waals surface area contributed by atoms with E-state index in [0.29, 0.717) is 0 Å². The molecule has 0 radical (unpaired) electrons. The van der Waals surface area contributed by atoms with E-state index < -0.39 is 0 Å². The summed E-state index contributed by atoms with van der Waals surface area (Å²) in [5.74, 6) is 3.30. The van der Waals surface area contributed by atoms with Crippen molar-refractivity contribution in [3.05, 3.63) is 194 Å². The van der Waals surface area contributed by atoms with Crippen LogP contribution in [-0.4, -0.2) is 20.4 Å². The molecule has 0 aliphatic carbocycles. The normalized spacial score (nSPS) is 12.9. The van der Waals surface area contributed by atoms with Crippen LogP contribution >= 0.6 is 0 Å². The highest BCUT2D eigenvalue weighted by atomic mass is 16.5. The molecule has 12 aromatic rings. The largest absolute Gasteiger partial charge is 0.458 e. The molecule has 3 aromatic heterocycles. The van der Waals surface area contributed by atoms with Gasteiger partial charge in [0.05, 0.1) is 38.8 Å². The van der Waals surface area contributed by atoms with Crippen LogP contribution in [0.3, 0.4) is 0 Å². The summed E-state index contributed by atoms with van der Waals surface area (Å²) in [5.41, 5.74) is 13.4. The fourth-order valence-corrected chi connectivity index (χ4v) is 10.5. The van der Waals surface area contributed by atoms with Crippen molar-refractivity contribution in [3.63, 3.8) is 0 Å². The Morgan fingerprint density at radius 3 is 0.917 bits per heavy atom. The van der Waals surface area contributed by atoms with Crippen molar-refractivity contribution in [1.82, 2.24) is 13.7 Å². The second-order valence-electron chi connectivity index (χ2n) is 16.0. The van der Waals surface area contributed by atoms with E-state index in [0.717, 1.165) is 67.5 Å². The molecule has 0 bridgehead atoms. The predicted octanol–water partition coefficient (Wildman–Crippen LogP) is 11.7. The van der Waals surface area contributed by atoms with Crippen LogP contribution in [0.25, 0.3) is 82.5 Å². The average Bonchev–Trinajstić information content (AvgIpc) is 3.95. The third-order valence-electron chi connectivity index (χ3n) is 12.9. The number of hydrogen-bond acceptors (Lipinski definition) is 2. The fourth-order valence-electron chi connectivity index (χ4n) is 10.5. The summed E-state index contributed by atoms with van der Waals surface area (Å²) < 4.78 is 21.2. The van der Waals surface area contributed by atoms with Crippen molar-refractivity contribution in [2.24, 2.45) is 0 Å². The van der Waals surface area contributed by atoms with Crippen molar-refractivity contribution < 1.29 is 9.47 Å². The highest BCUT2D eigenvalue weighted by molar-refractivity contribution is 6.98. The number of ether oxygens (including phenoxy) is 2. The van der Waals surface area contributed by atoms with Gasteiger partial charge in [-0.2, -0.15) is 0 Å². The van der Waals surface area contributed by atoms with E-state index in [2.05, 4.69) is 208 Å². The van der Waals surface area contributed by atoms with Crippen LogP contribution in [0.4, 0.5) is 0 Å². The third kappa shape index (κ3) is 4.26. The van der Waals surface area contributed by atoms with Crippen LogP contribution in [-0.2, 0) is 0 Å². The fraction of sp³-hybridized carbons (Fsp3) is 0. The summed E-state index contributed by atoms with van der Waals surface area (Å²) in [4.78, 5) is 0. The Labute approximate surface area is 344 Å². The van der Waals surface area contributed by atoms with Gasteiger partial charge in [0.15, 0.2) is 0 Å². The summed E-state index contributed by atoms with van der Waals surface area (Å²) in [5, 5.41) is 7.37. The molecule has 0 spiro atoms. The molecule has 2 aliphatic rings. The van der Waals surface area contributed by atoms with E-state index >= 15 is 0 Å². The molecule has 278 valence electrons. The van der Waals surface area contributed by atoms with Gasteiger partial charge in [0, 0.05) is 61.3 Å². The van der Waals surface area contributed by atoms with Crippen LogP contribution in [0.1, 0.15) is 0 Å². The van der Waals surface area contributed by atoms with E-state index in [-0.39, 0.29) is 6.71 Å². The predicted molar refractivity (Wildman–Crippen MR) is 247 cm³/mol. The van der Waals surface area contributed by atoms with Crippen LogP contribution in [0.2, 0.25) is 0 Å². The first-order valence-electron chi connectivity index (χ1n) is 20.5. The Bertz CT molecular complexity index is 3470. The molecule has 0 N–H and O–H groups in total. The van der Waals surface area contributed by atoms with E-state index in [4.69, 9.17) is 9.47 Å². The molecule has 14 rings (SSSR count). The summed E-state index contributed by atoms with van der Waals surface area (Å²) in [6.07, 6.45) is 0. The van der Waals surface area contributed by atoms with E-state index in [1.54, 1.807) is 0 Å². The van der Waals surface area contributed by atoms with Crippen molar-refractivity contribution >= 4 is 88.5 Å². The first-order chi connectivity index (χ1) is 29.8. The van der Waals surface area contributed by atoms with Gasteiger partial charge in [-0.3, -0.25) is 0 Å². The molecule has 0 fully saturated rings. The molecule has 5 heterocycles. The zero-order chi connectivity index (χ0) is 39.1. The minimum atomic E-state index is -0.157. The second kappa shape index (κ2) is 11.8. The zero-order valence-corrected chi connectivity index (χ0v) is 32.2. The van der Waals surface area contributed by atoms with Gasteiger partial charge in [0.25, 0.3) is 6.71 Å². The maximum absolute atomic E-state index is 7.06. The molecule has 0 saturated heterocycles. The Hall–Kier alpha value is -7.96. The van der Waals surface area contributed by atoms with E-state index in [1.165, 1.54) is 54.4 Å². The molecule has 0 saturated carbocycles. The van der Waals surface area contributed by atoms with E-state index in [9.17, 15) is 0 Å². The molecule has 60 heavy (non-hydrogen) atoms. The van der Waals surface area contributed by atoms with Gasteiger partial charge < -0.3 is 23.2 Å². The Balaban J connectivity index is 1.03. The lowest BCUT2D eigenvalue weighted by Crippen LogP contribution is -2.57. The maximum atomic E-state index is 7.06. The Morgan fingerprint density at radius 2 is 0.583 bits per heavy atom. The molecule has 0 amide bonds. The average molecular weight is 766 g/mol. The molecular weight excluding hydrogens is 733 g/mol. The number of para-hydroxylation sites is 6. The van der Waals surface area contributed by atoms with Crippen LogP contribution in [0.15, 0.2) is 194 Å². The molecule has 0 unspecified atom stereocenters. The maximum Gasteiger partial charge on any atom is 0.260 e. The SMILES string of the molecule is c1ccc2c(c1)c1ccccc1n2-c1cc2c3c(c1)Oc1ccc(-n4c5ccccc5c5ccccc54)cc1B3c1cc(-n3c4ccccc4c4ccccc43)ccc1O2. The Kier molecular flexibility index (Phi) is 6.31. The van der Waals surface area contributed by atoms with Crippen molar-refractivity contribution in [3.8, 4) is 40.1 Å². The lowest BCUT2D eigenvalue weighted by molar-refractivity contribution is 0.464. The topological polar surface area (TPSA) is 33.2 Å². The smallest absolute Gasteiger partial charge is 0.260 e. The van der Waals surface area contributed by atoms with Gasteiger partial charge in [-0.1, -0.05) is 109 Å². The van der Waals surface area contributed by atoms with Crippen molar-refractivity contribution in [2.45, 2.75) is 0 Å². The molecule has 6 heteroatoms. The van der Waals surface area contributed by atoms with Gasteiger partial charge >= 0.3 is 0 Å². The highest BCUT2D eigenvalue weighted by Crippen LogP contribution is 2.41. The number of benzene rings is 9. The number of fused-ring (bicyclic) bond motifs is 13. The van der Waals surface area contributed by atoms with Crippen molar-refractivity contribution in [2.75, 3.05) is 0 Å². The van der Waals surface area contributed by atoms with Gasteiger partial charge in [-0.15, -0.1) is 0 Å². The number of aromatic nitrogens is 3. The van der Waals surface area contributed by atoms with Gasteiger partial charge in [0.1, 0.15) is 23.0 Å². The Morgan fingerprint density at radius 1 is 0.283 bits per heavy atom. The summed E-state index contributed by atoms with van der Waals surface area (Å²) >= 11 is 0. The molecular formula is C54H32BN3O2. The molecule has 0 atom stereocenters. The molecule has 5 nitrogen and oxygen atoms in total. The first kappa shape index (κ1) is 32.1. The highest BCUT2D eigenvalue weighted by Gasteiger charge is 2.41. The summed E-state index contributed by atoms with van der Waals surface area (Å²) in [7, 11) is 0. The van der Waals surface area contributed by atoms with Crippen LogP contribution in [0.5, 0.6) is 23.0 Å². The zero-order valence-electron chi connectivity index (χ0n) is 32.2. The summed E-state index contributed by atoms with van der Waals surface area (Å²) in [6.45, 7) is -0.157. The summed E-state index contributed by atoms with van der Waals surface area (Å²) in [6, 6.07) is 69.8. The van der Waals surface area contributed by atoms with Crippen LogP contribution < -0.4 is 25.9 Å². The van der Waals surface area contributed by atoms with E-state index in [1.807, 2.05) is 0 Å². The minimum absolute atomic E-state index is 0.157. The monoisotopic (exact) mass is 765 g/mol. The first-order valence-corrected chi connectivity index (χ1v) is 20.5. The second-order valence-corrected chi connectivity index (χ2v) is 16.0. The molecule has 2 aliphatic heterocycles. The number of nitrogens with zero attached hydrogens (tertiary/aromatic N) is 3. The third-order valence-corrected chi connectivity index (χ3v) is 12.9. The standard InChI is InChI=1S/C54H32BN3O2/c1-7-19-44-36(13-1)37-14-2-8-20-45(37)56(44)33-25-27-50-42(29-33)55-43-30-34(57-46-21-9-3-15-38(46)39-16-4-10-22-47(39)57)26-28-51(43)60-53-32-35(31-52(59-50)54(53)55)58-48-23-11-5-17-40(48)41-18-6-12-24-49(41)58/h1-32H. The lowest BCUT2D eigenvalue weighted by Gasteiger charge is -2.34. The number of rotatable bonds is 3. The lowest BCUT2D eigenvalue weighted by atomic mass is 9.34. The van der Waals surface area contributed by atoms with Crippen LogP contribution in [0, 0.1) is 0 Å². The minimum Gasteiger partial charge on any atom is -0.458 e. The number of hydrogen-bond donors (Lipinski definition) is 0. The van der Waals surface area contributed by atoms with Crippen molar-refractivity contribution in [1.29, 1.82) is 0 Å². The van der Waals surface area contributed by atoms with Gasteiger partial charge in [-0.05, 0) is 83.7 Å². The van der Waals surface area contributed by atoms with Gasteiger partial charge in [-0.25, -0.2) is 0 Å². The molecule has 9 aromatic carbocycles. The van der Waals surface area contributed by atoms with Gasteiger partial charge in [0.2, 0.25) is 0 Å².